The maximum absolute atomic E-state index is 11.0. The Labute approximate surface area is 169 Å². The third-order valence-corrected chi connectivity index (χ3v) is 5.54. The molecule has 0 saturated heterocycles. The molecule has 0 spiro atoms. The zero-order valence-electron chi connectivity index (χ0n) is 18.5. The molecule has 0 aliphatic rings. The van der Waals surface area contributed by atoms with Crippen molar-refractivity contribution in [2.45, 2.75) is 141 Å². The predicted molar refractivity (Wildman–Crippen MR) is 116 cm³/mol. The number of unbranched alkanes of at least 4 members (excludes halogenated alkanes) is 15. The van der Waals surface area contributed by atoms with Crippen LogP contribution in [0, 0.1) is 0 Å². The first-order valence-corrected chi connectivity index (χ1v) is 12.0. The highest BCUT2D eigenvalue weighted by Gasteiger charge is 2.02. The number of esters is 1. The summed E-state index contributed by atoms with van der Waals surface area (Å²) in [6.45, 7) is 2.19. The van der Waals surface area contributed by atoms with Gasteiger partial charge in [-0.1, -0.05) is 110 Å². The van der Waals surface area contributed by atoms with Crippen LogP contribution in [0.4, 0.5) is 0 Å². The van der Waals surface area contributed by atoms with E-state index >= 15 is 0 Å². The molecular weight excluding hydrogens is 336 g/mol. The van der Waals surface area contributed by atoms with Gasteiger partial charge in [0.15, 0.2) is 0 Å². The summed E-state index contributed by atoms with van der Waals surface area (Å²) in [6, 6.07) is 0. The summed E-state index contributed by atoms with van der Waals surface area (Å²) in [4.78, 5) is 11.0. The first-order chi connectivity index (χ1) is 13.2. The van der Waals surface area contributed by atoms with Crippen LogP contribution in [0.25, 0.3) is 0 Å². The van der Waals surface area contributed by atoms with Crippen LogP contribution in [0.5, 0.6) is 0 Å². The lowest BCUT2D eigenvalue weighted by atomic mass is 10.0. The Morgan fingerprint density at radius 3 is 1.44 bits per heavy atom. The van der Waals surface area contributed by atoms with E-state index in [1.165, 1.54) is 97.0 Å². The van der Waals surface area contributed by atoms with Crippen LogP contribution >= 0.6 is 0 Å². The molecule has 0 rings (SSSR count). The van der Waals surface area contributed by atoms with E-state index in [-0.39, 0.29) is 12.1 Å². The van der Waals surface area contributed by atoms with Gasteiger partial charge in [0.1, 0.15) is 0 Å². The molecule has 0 radical (unpaired) electrons. The first kappa shape index (κ1) is 26.4. The van der Waals surface area contributed by atoms with Gasteiger partial charge in [-0.05, 0) is 19.3 Å². The lowest BCUT2D eigenvalue weighted by molar-refractivity contribution is -0.140. The summed E-state index contributed by atoms with van der Waals surface area (Å²) in [5.41, 5.74) is 0. The molecule has 0 amide bonds. The van der Waals surface area contributed by atoms with Crippen molar-refractivity contribution in [1.29, 1.82) is 0 Å². The van der Waals surface area contributed by atoms with Crippen LogP contribution in [0.15, 0.2) is 0 Å². The molecule has 3 heteroatoms. The normalized spacial score (nSPS) is 12.3. The first-order valence-electron chi connectivity index (χ1n) is 12.0. The second-order valence-corrected chi connectivity index (χ2v) is 8.21. The van der Waals surface area contributed by atoms with E-state index in [9.17, 15) is 9.90 Å². The van der Waals surface area contributed by atoms with Gasteiger partial charge in [0, 0.05) is 6.42 Å². The van der Waals surface area contributed by atoms with E-state index in [2.05, 4.69) is 11.7 Å². The van der Waals surface area contributed by atoms with Crippen molar-refractivity contribution < 1.29 is 14.6 Å². The Balaban J connectivity index is 3.08. The molecule has 0 bridgehead atoms. The van der Waals surface area contributed by atoms with Crippen molar-refractivity contribution in [2.75, 3.05) is 7.11 Å². The zero-order chi connectivity index (χ0) is 20.0. The van der Waals surface area contributed by atoms with Crippen LogP contribution < -0.4 is 0 Å². The SMILES string of the molecule is CCCCC(O)CCCCCCCCCCCCCCCCCC(=O)OC. The van der Waals surface area contributed by atoms with Crippen molar-refractivity contribution in [3.63, 3.8) is 0 Å². The topological polar surface area (TPSA) is 46.5 Å². The summed E-state index contributed by atoms with van der Waals surface area (Å²) >= 11 is 0. The van der Waals surface area contributed by atoms with E-state index in [0.717, 1.165) is 32.1 Å². The number of carbonyl (C=O) groups excluding carboxylic acids is 1. The van der Waals surface area contributed by atoms with Crippen molar-refractivity contribution in [3.05, 3.63) is 0 Å². The molecule has 0 aliphatic carbocycles. The smallest absolute Gasteiger partial charge is 0.305 e. The highest BCUT2D eigenvalue weighted by Crippen LogP contribution is 2.15. The van der Waals surface area contributed by atoms with Crippen LogP contribution in [-0.4, -0.2) is 24.3 Å². The fraction of sp³-hybridized carbons (Fsp3) is 0.958. The monoisotopic (exact) mass is 384 g/mol. The van der Waals surface area contributed by atoms with Crippen LogP contribution in [0.3, 0.4) is 0 Å². The van der Waals surface area contributed by atoms with E-state index in [1.807, 2.05) is 0 Å². The van der Waals surface area contributed by atoms with Gasteiger partial charge in [0.05, 0.1) is 13.2 Å². The van der Waals surface area contributed by atoms with Crippen molar-refractivity contribution in [3.8, 4) is 0 Å². The summed E-state index contributed by atoms with van der Waals surface area (Å²) < 4.78 is 4.65. The third kappa shape index (κ3) is 21.6. The summed E-state index contributed by atoms with van der Waals surface area (Å²) in [5, 5.41) is 9.81. The van der Waals surface area contributed by atoms with Crippen LogP contribution in [-0.2, 0) is 9.53 Å². The standard InChI is InChI=1S/C24H48O3/c1-3-4-20-23(25)21-18-16-14-12-10-8-6-5-7-9-11-13-15-17-19-22-24(26)27-2/h23,25H,3-22H2,1-2H3. The number of aliphatic hydroxyl groups is 1. The minimum Gasteiger partial charge on any atom is -0.469 e. The maximum Gasteiger partial charge on any atom is 0.305 e. The fourth-order valence-electron chi connectivity index (χ4n) is 3.63. The highest BCUT2D eigenvalue weighted by atomic mass is 16.5. The van der Waals surface area contributed by atoms with Gasteiger partial charge in [0.25, 0.3) is 0 Å². The molecule has 0 aromatic rings. The Hall–Kier alpha value is -0.570. The molecule has 162 valence electrons. The van der Waals surface area contributed by atoms with Crippen LogP contribution in [0.2, 0.25) is 0 Å². The number of aliphatic hydroxyl groups excluding tert-OH is 1. The third-order valence-electron chi connectivity index (χ3n) is 5.54. The number of ether oxygens (including phenoxy) is 1. The average molecular weight is 385 g/mol. The van der Waals surface area contributed by atoms with Gasteiger partial charge in [0.2, 0.25) is 0 Å². The van der Waals surface area contributed by atoms with E-state index in [1.54, 1.807) is 0 Å². The minimum atomic E-state index is -0.0730. The van der Waals surface area contributed by atoms with E-state index in [4.69, 9.17) is 0 Å². The van der Waals surface area contributed by atoms with Crippen molar-refractivity contribution in [1.82, 2.24) is 0 Å². The molecule has 0 aliphatic heterocycles. The Morgan fingerprint density at radius 1 is 0.667 bits per heavy atom. The molecule has 0 heterocycles. The van der Waals surface area contributed by atoms with Gasteiger partial charge in [-0.2, -0.15) is 0 Å². The van der Waals surface area contributed by atoms with Crippen molar-refractivity contribution >= 4 is 5.97 Å². The molecule has 3 nitrogen and oxygen atoms in total. The number of methoxy groups -OCH3 is 1. The average Bonchev–Trinajstić information content (AvgIpc) is 2.68. The molecule has 1 N–H and O–H groups in total. The van der Waals surface area contributed by atoms with Gasteiger partial charge < -0.3 is 9.84 Å². The van der Waals surface area contributed by atoms with Crippen molar-refractivity contribution in [2.24, 2.45) is 0 Å². The second-order valence-electron chi connectivity index (χ2n) is 8.21. The molecule has 27 heavy (non-hydrogen) atoms. The number of hydrogen-bond donors (Lipinski definition) is 1. The molecule has 0 aromatic heterocycles. The molecular formula is C24H48O3. The molecule has 1 atom stereocenters. The lowest BCUT2D eigenvalue weighted by Crippen LogP contribution is -2.05. The number of carbonyl (C=O) groups is 1. The Bertz CT molecular complexity index is 304. The summed E-state index contributed by atoms with van der Waals surface area (Å²) in [7, 11) is 1.46. The van der Waals surface area contributed by atoms with Gasteiger partial charge in [-0.15, -0.1) is 0 Å². The number of rotatable bonds is 21. The lowest BCUT2D eigenvalue weighted by Gasteiger charge is -2.09. The Kier molecular flexibility index (Phi) is 21.3. The highest BCUT2D eigenvalue weighted by molar-refractivity contribution is 5.68. The largest absolute Gasteiger partial charge is 0.469 e. The van der Waals surface area contributed by atoms with Crippen LogP contribution in [0.1, 0.15) is 135 Å². The quantitative estimate of drug-likeness (QED) is 0.166. The zero-order valence-corrected chi connectivity index (χ0v) is 18.5. The van der Waals surface area contributed by atoms with Gasteiger partial charge in [-0.25, -0.2) is 0 Å². The predicted octanol–water partition coefficient (Wildman–Crippen LogP) is 7.34. The summed E-state index contributed by atoms with van der Waals surface area (Å²) in [6.07, 6.45) is 24.5. The van der Waals surface area contributed by atoms with E-state index in [0.29, 0.717) is 6.42 Å². The van der Waals surface area contributed by atoms with E-state index < -0.39 is 0 Å². The summed E-state index contributed by atoms with van der Waals surface area (Å²) in [5.74, 6) is -0.0730. The number of hydrogen-bond acceptors (Lipinski definition) is 3. The molecule has 0 aromatic carbocycles. The fourth-order valence-corrected chi connectivity index (χ4v) is 3.63. The minimum absolute atomic E-state index is 0.0511. The Morgan fingerprint density at radius 2 is 1.04 bits per heavy atom. The van der Waals surface area contributed by atoms with Gasteiger partial charge >= 0.3 is 5.97 Å². The van der Waals surface area contributed by atoms with Gasteiger partial charge in [-0.3, -0.25) is 4.79 Å². The molecule has 1 unspecified atom stereocenters. The molecule has 0 fully saturated rings. The molecule has 0 saturated carbocycles. The second kappa shape index (κ2) is 21.7. The maximum atomic E-state index is 11.0.